The first kappa shape index (κ1) is 25.4. The molecule has 3 rings (SSSR count). The number of epoxide rings is 2. The lowest BCUT2D eigenvalue weighted by atomic mass is 9.88. The Morgan fingerprint density at radius 2 is 1.52 bits per heavy atom. The smallest absolute Gasteiger partial charge is 0.398 e. The number of rotatable bonds is 13. The first-order chi connectivity index (χ1) is 13.9. The predicted molar refractivity (Wildman–Crippen MR) is 113 cm³/mol. The van der Waals surface area contributed by atoms with Crippen molar-refractivity contribution >= 4 is 17.4 Å². The largest absolute Gasteiger partial charge is 0.500 e. The van der Waals surface area contributed by atoms with Gasteiger partial charge in [-0.1, -0.05) is 0 Å². The van der Waals surface area contributed by atoms with Crippen LogP contribution in [0, 0.1) is 5.92 Å². The fourth-order valence-electron chi connectivity index (χ4n) is 3.61. The van der Waals surface area contributed by atoms with E-state index in [1.807, 2.05) is 6.55 Å². The van der Waals surface area contributed by atoms with Crippen LogP contribution in [-0.2, 0) is 36.3 Å². The number of ether oxygens (including phenoxy) is 3. The van der Waals surface area contributed by atoms with E-state index in [2.05, 4.69) is 0 Å². The first-order valence-corrected chi connectivity index (χ1v) is 15.0. The van der Waals surface area contributed by atoms with Crippen molar-refractivity contribution in [3.8, 4) is 0 Å². The zero-order valence-corrected chi connectivity index (χ0v) is 20.9. The summed E-state index contributed by atoms with van der Waals surface area (Å²) < 4.78 is 42.9. The van der Waals surface area contributed by atoms with Gasteiger partial charge in [-0.2, -0.15) is 0 Å². The maximum atomic E-state index is 5.54. The van der Waals surface area contributed by atoms with E-state index >= 15 is 0 Å². The maximum absolute atomic E-state index is 5.54. The molecule has 0 bridgehead atoms. The van der Waals surface area contributed by atoms with Crippen molar-refractivity contribution < 1.29 is 36.3 Å². The van der Waals surface area contributed by atoms with Gasteiger partial charge in [0.05, 0.1) is 25.4 Å². The number of hydrogen-bond donors (Lipinski definition) is 0. The van der Waals surface area contributed by atoms with Gasteiger partial charge in [-0.25, -0.2) is 0 Å². The lowest BCUT2D eigenvalue weighted by molar-refractivity contribution is 0.119. The second kappa shape index (κ2) is 12.2. The lowest BCUT2D eigenvalue weighted by Gasteiger charge is -2.27. The molecule has 0 amide bonds. The molecule has 1 saturated carbocycles. The van der Waals surface area contributed by atoms with Gasteiger partial charge in [0, 0.05) is 54.2 Å². The van der Waals surface area contributed by atoms with Crippen molar-refractivity contribution in [1.82, 2.24) is 0 Å². The Bertz CT molecular complexity index is 449. The maximum Gasteiger partial charge on any atom is 0.500 e. The van der Waals surface area contributed by atoms with E-state index in [0.717, 1.165) is 31.0 Å². The van der Waals surface area contributed by atoms with Gasteiger partial charge in [0.25, 0.3) is 0 Å². The van der Waals surface area contributed by atoms with E-state index in [-0.39, 0.29) is 0 Å². The van der Waals surface area contributed by atoms with Crippen LogP contribution in [0.5, 0.6) is 0 Å². The average molecular weight is 453 g/mol. The van der Waals surface area contributed by atoms with Crippen LogP contribution in [0.4, 0.5) is 0 Å². The molecule has 0 spiro atoms. The van der Waals surface area contributed by atoms with Gasteiger partial charge in [-0.05, 0) is 38.1 Å². The van der Waals surface area contributed by atoms with E-state index in [9.17, 15) is 0 Å². The first-order valence-electron chi connectivity index (χ1n) is 10.5. The highest BCUT2D eigenvalue weighted by Crippen LogP contribution is 2.41. The second-order valence-electron chi connectivity index (χ2n) is 8.05. The van der Waals surface area contributed by atoms with Crippen LogP contribution in [0.2, 0.25) is 18.6 Å². The fraction of sp³-hybridized carbons (Fsp3) is 1.00. The van der Waals surface area contributed by atoms with Crippen LogP contribution in [0.1, 0.15) is 25.7 Å². The van der Waals surface area contributed by atoms with Crippen LogP contribution in [0.3, 0.4) is 0 Å². The van der Waals surface area contributed by atoms with E-state index in [0.29, 0.717) is 31.5 Å². The molecule has 0 aromatic heterocycles. The van der Waals surface area contributed by atoms with Gasteiger partial charge in [0.15, 0.2) is 0 Å². The molecule has 3 aliphatic rings. The molecule has 0 radical (unpaired) electrons. The lowest BCUT2D eigenvalue weighted by Crippen LogP contribution is -2.43. The molecule has 2 aliphatic heterocycles. The Hall–Kier alpha value is 0.114. The summed E-state index contributed by atoms with van der Waals surface area (Å²) in [7, 11) is 4.17. The molecule has 3 fully saturated rings. The van der Waals surface area contributed by atoms with Crippen molar-refractivity contribution in [2.75, 3.05) is 55.4 Å². The minimum atomic E-state index is -2.35. The van der Waals surface area contributed by atoms with Crippen LogP contribution >= 0.6 is 0 Å². The summed E-state index contributed by atoms with van der Waals surface area (Å²) in [6.45, 7) is 4.29. The molecule has 0 N–H and O–H groups in total. The molecule has 29 heavy (non-hydrogen) atoms. The molecule has 172 valence electrons. The zero-order chi connectivity index (χ0) is 21.3. The van der Waals surface area contributed by atoms with Crippen molar-refractivity contribution in [3.05, 3.63) is 0 Å². The van der Waals surface area contributed by atoms with Crippen LogP contribution in [0.25, 0.3) is 0 Å². The molecule has 10 heteroatoms. The highest BCUT2D eigenvalue weighted by atomic mass is 28.4. The highest BCUT2D eigenvalue weighted by Gasteiger charge is 2.45. The minimum Gasteiger partial charge on any atom is -0.398 e. The monoisotopic (exact) mass is 452 g/mol. The van der Waals surface area contributed by atoms with Gasteiger partial charge in [0.1, 0.15) is 6.10 Å². The Kier molecular flexibility index (Phi) is 10.7. The molecule has 8 nitrogen and oxygen atoms in total. The summed E-state index contributed by atoms with van der Waals surface area (Å²) in [5, 5.41) is 0. The standard InChI is InChI=1S/C11H22O4Si.C8H18O4Si/c1-12-16(13-2,14-3)7-6-9-4-5-10-11(8-9)15-10;1-9-13(3,10-2)5-4-11-6-8-7-12-8/h9-11H,4-8H2,1-3H3;8H,4-7H2,1-3H3. The van der Waals surface area contributed by atoms with E-state index in [1.165, 1.54) is 19.3 Å². The number of fused-ring (bicyclic) bond motifs is 1. The van der Waals surface area contributed by atoms with Crippen LogP contribution in [0.15, 0.2) is 0 Å². The van der Waals surface area contributed by atoms with Gasteiger partial charge >= 0.3 is 17.4 Å². The van der Waals surface area contributed by atoms with Gasteiger partial charge < -0.3 is 36.3 Å². The van der Waals surface area contributed by atoms with Gasteiger partial charge in [-0.15, -0.1) is 0 Å². The summed E-state index contributed by atoms with van der Waals surface area (Å²) in [6.07, 6.45) is 6.35. The fourth-order valence-corrected chi connectivity index (χ4v) is 6.57. The summed E-state index contributed by atoms with van der Waals surface area (Å²) in [4.78, 5) is 0. The molecular weight excluding hydrogens is 412 g/mol. The molecule has 2 heterocycles. The third kappa shape index (κ3) is 8.64. The molecular formula is C19H40O8Si2. The Morgan fingerprint density at radius 1 is 0.862 bits per heavy atom. The summed E-state index contributed by atoms with van der Waals surface area (Å²) >= 11 is 0. The molecule has 0 aromatic carbocycles. The summed E-state index contributed by atoms with van der Waals surface area (Å²) in [5.41, 5.74) is 0. The summed E-state index contributed by atoms with van der Waals surface area (Å²) in [5.74, 6) is 0.760. The molecule has 4 unspecified atom stereocenters. The number of hydrogen-bond acceptors (Lipinski definition) is 8. The molecule has 1 aliphatic carbocycles. The summed E-state index contributed by atoms with van der Waals surface area (Å²) in [6, 6.07) is 1.78. The quantitative estimate of drug-likeness (QED) is 0.240. The highest BCUT2D eigenvalue weighted by molar-refractivity contribution is 6.66. The average Bonchev–Trinajstić information content (AvgIpc) is 3.68. The van der Waals surface area contributed by atoms with Crippen molar-refractivity contribution in [2.24, 2.45) is 5.92 Å². The molecule has 2 saturated heterocycles. The SMILES string of the molecule is CO[Si](C)(CCOCC1CO1)OC.CO[Si](CCC1CCC2OC2C1)(OC)OC. The Labute approximate surface area is 178 Å². The topological polar surface area (TPSA) is 80.4 Å². The van der Waals surface area contributed by atoms with Gasteiger partial charge in [-0.3, -0.25) is 0 Å². The Balaban J connectivity index is 0.000000212. The zero-order valence-electron chi connectivity index (χ0n) is 18.9. The van der Waals surface area contributed by atoms with Crippen molar-refractivity contribution in [3.63, 3.8) is 0 Å². The van der Waals surface area contributed by atoms with Crippen molar-refractivity contribution in [1.29, 1.82) is 0 Å². The third-order valence-electron chi connectivity index (χ3n) is 6.17. The Morgan fingerprint density at radius 3 is 2.03 bits per heavy atom. The van der Waals surface area contributed by atoms with Gasteiger partial charge in [0.2, 0.25) is 0 Å². The second-order valence-corrected chi connectivity index (χ2v) is 14.7. The third-order valence-corrected chi connectivity index (χ3v) is 11.8. The molecule has 0 aromatic rings. The predicted octanol–water partition coefficient (Wildman–Crippen LogP) is 2.59. The van der Waals surface area contributed by atoms with E-state index < -0.39 is 17.4 Å². The van der Waals surface area contributed by atoms with E-state index in [4.69, 9.17) is 36.3 Å². The molecule has 4 atom stereocenters. The normalized spacial score (nSPS) is 28.3. The minimum absolute atomic E-state index is 0.345. The van der Waals surface area contributed by atoms with E-state index in [1.54, 1.807) is 35.5 Å². The van der Waals surface area contributed by atoms with Crippen LogP contribution < -0.4 is 0 Å². The van der Waals surface area contributed by atoms with Crippen LogP contribution in [-0.4, -0.2) is 91.0 Å². The van der Waals surface area contributed by atoms with Crippen molar-refractivity contribution in [2.45, 2.75) is 62.6 Å².